The Kier molecular flexibility index (Phi) is 5.17. The van der Waals surface area contributed by atoms with Gasteiger partial charge in [0.1, 0.15) is 5.69 Å². The van der Waals surface area contributed by atoms with Crippen LogP contribution in [0.25, 0.3) is 5.69 Å². The van der Waals surface area contributed by atoms with Gasteiger partial charge in [-0.25, -0.2) is 0 Å². The highest BCUT2D eigenvalue weighted by atomic mass is 16.4. The largest absolute Gasteiger partial charge is 0.481 e. The van der Waals surface area contributed by atoms with Crippen molar-refractivity contribution in [3.05, 3.63) is 72.3 Å². The summed E-state index contributed by atoms with van der Waals surface area (Å²) in [5, 5.41) is 15.7. The second-order valence-electron chi connectivity index (χ2n) is 5.98. The van der Waals surface area contributed by atoms with E-state index < -0.39 is 5.97 Å². The number of carbonyl (C=O) groups is 2. The van der Waals surface area contributed by atoms with E-state index in [0.29, 0.717) is 0 Å². The zero-order chi connectivity index (χ0) is 18.5. The lowest BCUT2D eigenvalue weighted by Gasteiger charge is -2.14. The van der Waals surface area contributed by atoms with Crippen molar-refractivity contribution in [2.45, 2.75) is 25.9 Å². The topological polar surface area (TPSA) is 89.2 Å². The Morgan fingerprint density at radius 1 is 1.12 bits per heavy atom. The van der Waals surface area contributed by atoms with Gasteiger partial charge in [-0.05, 0) is 42.8 Å². The molecule has 7 nitrogen and oxygen atoms in total. The highest BCUT2D eigenvalue weighted by Crippen LogP contribution is 2.16. The first kappa shape index (κ1) is 17.5. The van der Waals surface area contributed by atoms with Crippen molar-refractivity contribution < 1.29 is 14.7 Å². The maximum absolute atomic E-state index is 12.3. The van der Waals surface area contributed by atoms with Crippen LogP contribution in [0.2, 0.25) is 0 Å². The highest BCUT2D eigenvalue weighted by molar-refractivity contribution is 5.92. The number of carbonyl (C=O) groups excluding carboxylic acids is 1. The number of nitrogens with zero attached hydrogens (tertiary/aromatic N) is 3. The molecule has 2 N–H and O–H groups in total. The first-order valence-corrected chi connectivity index (χ1v) is 8.32. The Morgan fingerprint density at radius 2 is 1.81 bits per heavy atom. The van der Waals surface area contributed by atoms with Gasteiger partial charge in [-0.1, -0.05) is 12.1 Å². The molecule has 0 saturated carbocycles. The summed E-state index contributed by atoms with van der Waals surface area (Å²) in [6, 6.07) is 13.3. The van der Waals surface area contributed by atoms with Crippen LogP contribution in [0.1, 0.15) is 35.4 Å². The number of amides is 1. The lowest BCUT2D eigenvalue weighted by Crippen LogP contribution is -2.27. The van der Waals surface area contributed by atoms with Crippen molar-refractivity contribution in [2.75, 3.05) is 0 Å². The smallest absolute Gasteiger partial charge is 0.305 e. The van der Waals surface area contributed by atoms with E-state index in [2.05, 4.69) is 10.4 Å². The Hall–Kier alpha value is -3.35. The third-order valence-corrected chi connectivity index (χ3v) is 4.07. The van der Waals surface area contributed by atoms with E-state index in [0.717, 1.165) is 11.3 Å². The maximum Gasteiger partial charge on any atom is 0.305 e. The van der Waals surface area contributed by atoms with Gasteiger partial charge in [-0.2, -0.15) is 5.10 Å². The zero-order valence-corrected chi connectivity index (χ0v) is 14.4. The number of hydrogen-bond acceptors (Lipinski definition) is 3. The molecule has 1 aromatic carbocycles. The molecule has 2 aromatic heterocycles. The van der Waals surface area contributed by atoms with Crippen LogP contribution in [0.15, 0.2) is 61.1 Å². The molecule has 0 aliphatic carbocycles. The van der Waals surface area contributed by atoms with Crippen molar-refractivity contribution in [2.24, 2.45) is 0 Å². The minimum Gasteiger partial charge on any atom is -0.481 e. The molecule has 1 amide bonds. The molecule has 26 heavy (non-hydrogen) atoms. The van der Waals surface area contributed by atoms with Crippen molar-refractivity contribution in [1.29, 1.82) is 0 Å². The predicted octanol–water partition coefficient (Wildman–Crippen LogP) is 2.64. The second-order valence-corrected chi connectivity index (χ2v) is 5.98. The van der Waals surface area contributed by atoms with Crippen LogP contribution < -0.4 is 5.32 Å². The molecule has 0 radical (unpaired) electrons. The molecule has 1 atom stereocenters. The van der Waals surface area contributed by atoms with Gasteiger partial charge in [-0.15, -0.1) is 0 Å². The van der Waals surface area contributed by atoms with Crippen LogP contribution in [0.4, 0.5) is 0 Å². The molecule has 0 fully saturated rings. The van der Waals surface area contributed by atoms with Gasteiger partial charge in [0.2, 0.25) is 0 Å². The summed E-state index contributed by atoms with van der Waals surface area (Å²) in [6.07, 6.45) is 5.52. The molecule has 3 aromatic rings. The van der Waals surface area contributed by atoms with Crippen LogP contribution in [0.3, 0.4) is 0 Å². The van der Waals surface area contributed by atoms with E-state index in [-0.39, 0.29) is 30.6 Å². The van der Waals surface area contributed by atoms with E-state index in [9.17, 15) is 9.59 Å². The predicted molar refractivity (Wildman–Crippen MR) is 96.1 cm³/mol. The third-order valence-electron chi connectivity index (χ3n) is 4.07. The lowest BCUT2D eigenvalue weighted by molar-refractivity contribution is -0.137. The fourth-order valence-electron chi connectivity index (χ4n) is 2.61. The minimum atomic E-state index is -0.900. The van der Waals surface area contributed by atoms with Gasteiger partial charge >= 0.3 is 5.97 Å². The van der Waals surface area contributed by atoms with E-state index in [4.69, 9.17) is 5.11 Å². The normalized spacial score (nSPS) is 11.9. The van der Waals surface area contributed by atoms with Crippen LogP contribution in [-0.2, 0) is 11.3 Å². The van der Waals surface area contributed by atoms with Crippen molar-refractivity contribution >= 4 is 11.9 Å². The third kappa shape index (κ3) is 4.18. The number of aromatic nitrogens is 3. The van der Waals surface area contributed by atoms with Crippen LogP contribution >= 0.6 is 0 Å². The molecule has 0 aliphatic rings. The first-order chi connectivity index (χ1) is 12.5. The molecule has 3 rings (SSSR count). The van der Waals surface area contributed by atoms with E-state index in [1.807, 2.05) is 60.3 Å². The second kappa shape index (κ2) is 7.69. The SMILES string of the molecule is CC(NC(=O)c1ccn(CCC(=O)O)n1)c1ccc(-n2cccc2)cc1. The summed E-state index contributed by atoms with van der Waals surface area (Å²) in [5.41, 5.74) is 2.31. The number of nitrogens with one attached hydrogen (secondary N) is 1. The number of rotatable bonds is 7. The Balaban J connectivity index is 1.61. The summed E-state index contributed by atoms with van der Waals surface area (Å²) in [7, 11) is 0. The molecular weight excluding hydrogens is 332 g/mol. The average molecular weight is 352 g/mol. The molecule has 1 unspecified atom stereocenters. The van der Waals surface area contributed by atoms with Crippen molar-refractivity contribution in [1.82, 2.24) is 19.7 Å². The quantitative estimate of drug-likeness (QED) is 0.684. The zero-order valence-electron chi connectivity index (χ0n) is 14.4. The van der Waals surface area contributed by atoms with Gasteiger partial charge in [0.25, 0.3) is 5.91 Å². The van der Waals surface area contributed by atoms with E-state index in [1.54, 1.807) is 12.3 Å². The first-order valence-electron chi connectivity index (χ1n) is 8.32. The van der Waals surface area contributed by atoms with Gasteiger partial charge in [0.05, 0.1) is 19.0 Å². The number of carboxylic acids is 1. The summed E-state index contributed by atoms with van der Waals surface area (Å²) in [6.45, 7) is 2.14. The Bertz CT molecular complexity index is 882. The van der Waals surface area contributed by atoms with Crippen LogP contribution in [0, 0.1) is 0 Å². The molecular formula is C19H20N4O3. The summed E-state index contributed by atoms with van der Waals surface area (Å²) >= 11 is 0. The van der Waals surface area contributed by atoms with E-state index >= 15 is 0 Å². The molecule has 0 spiro atoms. The standard InChI is InChI=1S/C19H20N4O3/c1-14(15-4-6-16(7-5-15)22-10-2-3-11-22)20-19(26)17-8-12-23(21-17)13-9-18(24)25/h2-8,10-12,14H,9,13H2,1H3,(H,20,26)(H,24,25). The molecule has 2 heterocycles. The Morgan fingerprint density at radius 3 is 2.46 bits per heavy atom. The number of aryl methyl sites for hydroxylation is 1. The van der Waals surface area contributed by atoms with Crippen molar-refractivity contribution in [3.63, 3.8) is 0 Å². The van der Waals surface area contributed by atoms with Crippen LogP contribution in [-0.4, -0.2) is 31.3 Å². The van der Waals surface area contributed by atoms with Gasteiger partial charge < -0.3 is 15.0 Å². The highest BCUT2D eigenvalue weighted by Gasteiger charge is 2.14. The monoisotopic (exact) mass is 352 g/mol. The number of carboxylic acid groups (broad SMARTS) is 1. The lowest BCUT2D eigenvalue weighted by atomic mass is 10.1. The van der Waals surface area contributed by atoms with Gasteiger partial charge in [0.15, 0.2) is 0 Å². The summed E-state index contributed by atoms with van der Waals surface area (Å²) in [5.74, 6) is -1.19. The molecule has 134 valence electrons. The summed E-state index contributed by atoms with van der Waals surface area (Å²) in [4.78, 5) is 22.9. The summed E-state index contributed by atoms with van der Waals surface area (Å²) < 4.78 is 3.47. The average Bonchev–Trinajstić information content (AvgIpc) is 3.32. The fraction of sp³-hybridized carbons (Fsp3) is 0.211. The molecule has 0 aliphatic heterocycles. The van der Waals surface area contributed by atoms with Crippen LogP contribution in [0.5, 0.6) is 0 Å². The van der Waals surface area contributed by atoms with E-state index in [1.165, 1.54) is 4.68 Å². The molecule has 0 bridgehead atoms. The maximum atomic E-state index is 12.3. The fourth-order valence-corrected chi connectivity index (χ4v) is 2.61. The Labute approximate surface area is 150 Å². The number of aliphatic carboxylic acids is 1. The van der Waals surface area contributed by atoms with Gasteiger partial charge in [-0.3, -0.25) is 14.3 Å². The number of hydrogen-bond donors (Lipinski definition) is 2. The van der Waals surface area contributed by atoms with Gasteiger partial charge in [0, 0.05) is 24.3 Å². The molecule has 0 saturated heterocycles. The number of benzene rings is 1. The van der Waals surface area contributed by atoms with Crippen molar-refractivity contribution in [3.8, 4) is 5.69 Å². The molecule has 7 heteroatoms. The minimum absolute atomic E-state index is 0.0348.